The number of carbonyl (C=O) groups is 1. The average Bonchev–Trinajstić information content (AvgIpc) is 2.72. The number of hydrogen-bond donors (Lipinski definition) is 2. The number of nitrogens with two attached hydrogens (primary N) is 1. The van der Waals surface area contributed by atoms with Gasteiger partial charge in [0.2, 0.25) is 5.91 Å². The van der Waals surface area contributed by atoms with Gasteiger partial charge in [0.25, 0.3) is 0 Å². The number of halogens is 4. The normalized spacial score (nSPS) is 12.2. The summed E-state index contributed by atoms with van der Waals surface area (Å²) in [5.74, 6) is -0.353. The number of hydrogen-bond acceptors (Lipinski definition) is 2. The molecule has 0 fully saturated rings. The van der Waals surface area contributed by atoms with Crippen LogP contribution in [0, 0.1) is 0 Å². The molecule has 3 aromatic rings. The third-order valence-corrected chi connectivity index (χ3v) is 4.37. The highest BCUT2D eigenvalue weighted by molar-refractivity contribution is 6.31. The van der Waals surface area contributed by atoms with E-state index in [-0.39, 0.29) is 11.4 Å². The van der Waals surface area contributed by atoms with Crippen LogP contribution in [0.2, 0.25) is 5.02 Å². The van der Waals surface area contributed by atoms with Gasteiger partial charge in [-0.3, -0.25) is 4.79 Å². The summed E-state index contributed by atoms with van der Waals surface area (Å²) in [7, 11) is 0. The molecule has 3 aromatic carbocycles. The number of anilines is 1. The lowest BCUT2D eigenvalue weighted by Gasteiger charge is -2.09. The molecule has 3 rings (SSSR count). The highest BCUT2D eigenvalue weighted by Gasteiger charge is 2.32. The first-order valence-corrected chi connectivity index (χ1v) is 9.45. The topological polar surface area (TPSA) is 67.5 Å². The molecule has 0 unspecified atom stereocenters. The van der Waals surface area contributed by atoms with Gasteiger partial charge in [-0.2, -0.15) is 13.2 Å². The second-order valence-corrected chi connectivity index (χ2v) is 6.91. The molecule has 0 aliphatic heterocycles. The summed E-state index contributed by atoms with van der Waals surface area (Å²) in [5, 5.41) is 2.87. The summed E-state index contributed by atoms with van der Waals surface area (Å²) >= 11 is 6.10. The fourth-order valence-corrected chi connectivity index (χ4v) is 3.00. The Labute approximate surface area is 181 Å². The van der Waals surface area contributed by atoms with E-state index < -0.39 is 17.6 Å². The van der Waals surface area contributed by atoms with E-state index in [9.17, 15) is 18.0 Å². The number of alkyl halides is 3. The summed E-state index contributed by atoms with van der Waals surface area (Å²) in [4.78, 5) is 16.5. The molecule has 0 aliphatic rings. The molecule has 8 heteroatoms. The van der Waals surface area contributed by atoms with Crippen molar-refractivity contribution in [2.24, 2.45) is 10.7 Å². The van der Waals surface area contributed by atoms with Crippen LogP contribution in [0.4, 0.5) is 24.5 Å². The second kappa shape index (κ2) is 9.49. The molecular weight excluding hydrogens is 427 g/mol. The zero-order valence-electron chi connectivity index (χ0n) is 16.0. The molecular formula is C23H17ClF3N3O. The quantitative estimate of drug-likeness (QED) is 0.286. The molecule has 1 amide bonds. The first-order chi connectivity index (χ1) is 14.7. The van der Waals surface area contributed by atoms with Crippen LogP contribution in [-0.2, 0) is 11.0 Å². The van der Waals surface area contributed by atoms with Crippen molar-refractivity contribution in [3.05, 3.63) is 101 Å². The third-order valence-electron chi connectivity index (χ3n) is 4.15. The van der Waals surface area contributed by atoms with Crippen molar-refractivity contribution in [3.8, 4) is 0 Å². The van der Waals surface area contributed by atoms with E-state index in [0.29, 0.717) is 16.4 Å². The van der Waals surface area contributed by atoms with Crippen molar-refractivity contribution in [2.45, 2.75) is 6.18 Å². The lowest BCUT2D eigenvalue weighted by Crippen LogP contribution is -2.12. The molecule has 31 heavy (non-hydrogen) atoms. The van der Waals surface area contributed by atoms with Gasteiger partial charge in [0, 0.05) is 22.3 Å². The molecule has 0 saturated heterocycles. The Morgan fingerprint density at radius 2 is 1.68 bits per heavy atom. The highest BCUT2D eigenvalue weighted by Crippen LogP contribution is 2.32. The van der Waals surface area contributed by atoms with Gasteiger partial charge in [0.15, 0.2) is 0 Å². The average molecular weight is 444 g/mol. The van der Waals surface area contributed by atoms with Crippen LogP contribution in [0.3, 0.4) is 0 Å². The maximum atomic E-state index is 13.1. The van der Waals surface area contributed by atoms with E-state index in [1.54, 1.807) is 24.3 Å². The largest absolute Gasteiger partial charge is 0.416 e. The molecule has 3 N–H and O–H groups in total. The zero-order chi connectivity index (χ0) is 22.4. The minimum Gasteiger partial charge on any atom is -0.383 e. The predicted octanol–water partition coefficient (Wildman–Crippen LogP) is 6.05. The monoisotopic (exact) mass is 443 g/mol. The van der Waals surface area contributed by atoms with Gasteiger partial charge in [-0.15, -0.1) is 0 Å². The van der Waals surface area contributed by atoms with E-state index in [1.807, 2.05) is 18.2 Å². The fraction of sp³-hybridized carbons (Fsp3) is 0.0435. The lowest BCUT2D eigenvalue weighted by atomic mass is 10.1. The number of benzene rings is 3. The molecule has 0 saturated carbocycles. The number of amides is 1. The standard InChI is InChI=1S/C23H17ClF3N3O/c24-17-12-18(14-19(13-17)30-22(28)16-7-2-1-3-8-16)29-21(31)11-10-15-6-4-5-9-20(15)23(25,26)27/h1-14H,(H2,28,30)(H,29,31)/b11-10+. The van der Waals surface area contributed by atoms with Crippen molar-refractivity contribution < 1.29 is 18.0 Å². The van der Waals surface area contributed by atoms with Crippen LogP contribution < -0.4 is 11.1 Å². The van der Waals surface area contributed by atoms with Gasteiger partial charge in [-0.1, -0.05) is 60.1 Å². The summed E-state index contributed by atoms with van der Waals surface area (Å²) in [5.41, 5.74) is 6.53. The van der Waals surface area contributed by atoms with Crippen LogP contribution in [-0.4, -0.2) is 11.7 Å². The fourth-order valence-electron chi connectivity index (χ4n) is 2.77. The van der Waals surface area contributed by atoms with Gasteiger partial charge in [0.1, 0.15) is 5.84 Å². The maximum Gasteiger partial charge on any atom is 0.416 e. The zero-order valence-corrected chi connectivity index (χ0v) is 16.8. The summed E-state index contributed by atoms with van der Waals surface area (Å²) in [6, 6.07) is 18.7. The molecule has 0 aromatic heterocycles. The van der Waals surface area contributed by atoms with Crippen molar-refractivity contribution >= 4 is 40.8 Å². The molecule has 0 bridgehead atoms. The van der Waals surface area contributed by atoms with Crippen molar-refractivity contribution in [2.75, 3.05) is 5.32 Å². The van der Waals surface area contributed by atoms with Crippen LogP contribution in [0.15, 0.2) is 83.9 Å². The summed E-state index contributed by atoms with van der Waals surface area (Å²) in [6.07, 6.45) is -2.39. The number of nitrogens with one attached hydrogen (secondary N) is 1. The van der Waals surface area contributed by atoms with Gasteiger partial charge < -0.3 is 11.1 Å². The molecule has 4 nitrogen and oxygen atoms in total. The van der Waals surface area contributed by atoms with E-state index in [2.05, 4.69) is 10.3 Å². The first kappa shape index (κ1) is 22.1. The Morgan fingerprint density at radius 3 is 2.39 bits per heavy atom. The Kier molecular flexibility index (Phi) is 6.77. The molecule has 0 radical (unpaired) electrons. The second-order valence-electron chi connectivity index (χ2n) is 6.47. The van der Waals surface area contributed by atoms with Crippen molar-refractivity contribution in [1.82, 2.24) is 0 Å². The summed E-state index contributed by atoms with van der Waals surface area (Å²) in [6.45, 7) is 0. The molecule has 158 valence electrons. The molecule has 0 aliphatic carbocycles. The number of aliphatic imine (C=N–C) groups is 1. The van der Waals surface area contributed by atoms with Gasteiger partial charge >= 0.3 is 6.18 Å². The van der Waals surface area contributed by atoms with Gasteiger partial charge in [-0.25, -0.2) is 4.99 Å². The van der Waals surface area contributed by atoms with E-state index in [0.717, 1.165) is 23.8 Å². The van der Waals surface area contributed by atoms with Crippen LogP contribution in [0.1, 0.15) is 16.7 Å². The highest BCUT2D eigenvalue weighted by atomic mass is 35.5. The minimum absolute atomic E-state index is 0.114. The van der Waals surface area contributed by atoms with E-state index in [1.165, 1.54) is 24.3 Å². The number of nitrogens with zero attached hydrogens (tertiary/aromatic N) is 1. The van der Waals surface area contributed by atoms with Crippen LogP contribution in [0.5, 0.6) is 0 Å². The number of amidine groups is 1. The van der Waals surface area contributed by atoms with E-state index in [4.69, 9.17) is 17.3 Å². The van der Waals surface area contributed by atoms with Crippen molar-refractivity contribution in [3.63, 3.8) is 0 Å². The molecule has 0 spiro atoms. The van der Waals surface area contributed by atoms with Crippen LogP contribution in [0.25, 0.3) is 6.08 Å². The van der Waals surface area contributed by atoms with Gasteiger partial charge in [-0.05, 0) is 35.9 Å². The van der Waals surface area contributed by atoms with E-state index >= 15 is 0 Å². The van der Waals surface area contributed by atoms with Gasteiger partial charge in [0.05, 0.1) is 11.3 Å². The number of carbonyl (C=O) groups excluding carboxylic acids is 1. The Bertz CT molecular complexity index is 1140. The number of rotatable bonds is 5. The first-order valence-electron chi connectivity index (χ1n) is 9.08. The Balaban J connectivity index is 1.78. The third kappa shape index (κ3) is 6.20. The Hall–Kier alpha value is -3.58. The lowest BCUT2D eigenvalue weighted by molar-refractivity contribution is -0.137. The smallest absolute Gasteiger partial charge is 0.383 e. The molecule has 0 atom stereocenters. The molecule has 0 heterocycles. The van der Waals surface area contributed by atoms with Crippen LogP contribution >= 0.6 is 11.6 Å². The summed E-state index contributed by atoms with van der Waals surface area (Å²) < 4.78 is 39.2. The maximum absolute atomic E-state index is 13.1. The minimum atomic E-state index is -4.52. The van der Waals surface area contributed by atoms with Crippen molar-refractivity contribution in [1.29, 1.82) is 0 Å². The SMILES string of the molecule is NC(=Nc1cc(Cl)cc(NC(=O)/C=C/c2ccccc2C(F)(F)F)c1)c1ccccc1. The predicted molar refractivity (Wildman–Crippen MR) is 117 cm³/mol. The Morgan fingerprint density at radius 1 is 1.00 bits per heavy atom.